The standard InChI is InChI=1S/C2H5Br.H2S/c1-2-3;/h2H2,1H3;1H2. The molecule has 0 N–H and O–H groups in total. The SMILES string of the molecule is CCBr.S. The van der Waals surface area contributed by atoms with Crippen LogP contribution in [-0.4, -0.2) is 5.33 Å². The first-order valence-corrected chi connectivity index (χ1v) is 2.10. The van der Waals surface area contributed by atoms with Gasteiger partial charge in [-0.1, -0.05) is 22.9 Å². The highest BCUT2D eigenvalue weighted by molar-refractivity contribution is 9.09. The van der Waals surface area contributed by atoms with Crippen molar-refractivity contribution in [2.24, 2.45) is 0 Å². The van der Waals surface area contributed by atoms with E-state index in [0.29, 0.717) is 0 Å². The summed E-state index contributed by atoms with van der Waals surface area (Å²) in [6.45, 7) is 2.04. The second-order valence-corrected chi connectivity index (χ2v) is 1.39. The van der Waals surface area contributed by atoms with E-state index in [1.165, 1.54) is 0 Å². The maximum Gasteiger partial charge on any atom is 0.000281 e. The second kappa shape index (κ2) is 9.16. The van der Waals surface area contributed by atoms with Gasteiger partial charge in [0.05, 0.1) is 0 Å². The quantitative estimate of drug-likeness (QED) is 0.451. The van der Waals surface area contributed by atoms with Crippen LogP contribution in [0.3, 0.4) is 0 Å². The summed E-state index contributed by atoms with van der Waals surface area (Å²) < 4.78 is 0. The second-order valence-electron chi connectivity index (χ2n) is 0.267. The molecule has 0 bridgehead atoms. The average Bonchev–Trinajstić information content (AvgIpc) is 0.918. The van der Waals surface area contributed by atoms with E-state index in [1.807, 2.05) is 6.92 Å². The van der Waals surface area contributed by atoms with Crippen LogP contribution in [0.2, 0.25) is 0 Å². The summed E-state index contributed by atoms with van der Waals surface area (Å²) in [6.07, 6.45) is 0. The highest BCUT2D eigenvalue weighted by atomic mass is 79.9. The molecular formula is C2H7BrS. The molecule has 0 saturated carbocycles. The normalized spacial score (nSPS) is 4.50. The van der Waals surface area contributed by atoms with Crippen LogP contribution in [0.15, 0.2) is 0 Å². The predicted octanol–water partition coefficient (Wildman–Crippen LogP) is 1.51. The summed E-state index contributed by atoms with van der Waals surface area (Å²) in [7, 11) is 0. The molecule has 0 atom stereocenters. The molecule has 0 fully saturated rings. The maximum absolute atomic E-state index is 3.15. The summed E-state index contributed by atoms with van der Waals surface area (Å²) in [5.74, 6) is 0. The predicted molar refractivity (Wildman–Crippen MR) is 29.8 cm³/mol. The first-order chi connectivity index (χ1) is 1.41. The van der Waals surface area contributed by atoms with Crippen molar-refractivity contribution in [1.29, 1.82) is 0 Å². The van der Waals surface area contributed by atoms with Gasteiger partial charge in [0, 0.05) is 5.33 Å². The van der Waals surface area contributed by atoms with Crippen LogP contribution in [-0.2, 0) is 0 Å². The molecule has 0 radical (unpaired) electrons. The van der Waals surface area contributed by atoms with Crippen molar-refractivity contribution in [3.8, 4) is 0 Å². The minimum Gasteiger partial charge on any atom is -0.197 e. The summed E-state index contributed by atoms with van der Waals surface area (Å²) in [5.41, 5.74) is 0. The third-order valence-electron chi connectivity index (χ3n) is 0. The largest absolute Gasteiger partial charge is 0.197 e. The molecule has 28 valence electrons. The summed E-state index contributed by atoms with van der Waals surface area (Å²) in [4.78, 5) is 0. The Morgan fingerprint density at radius 3 is 1.75 bits per heavy atom. The Morgan fingerprint density at radius 2 is 1.75 bits per heavy atom. The van der Waals surface area contributed by atoms with Gasteiger partial charge in [0.2, 0.25) is 0 Å². The van der Waals surface area contributed by atoms with E-state index in [1.54, 1.807) is 0 Å². The molecule has 0 nitrogen and oxygen atoms in total. The van der Waals surface area contributed by atoms with Crippen molar-refractivity contribution >= 4 is 29.4 Å². The van der Waals surface area contributed by atoms with E-state index in [0.717, 1.165) is 5.33 Å². The highest BCUT2D eigenvalue weighted by Gasteiger charge is 1.38. The van der Waals surface area contributed by atoms with E-state index in [2.05, 4.69) is 15.9 Å². The third kappa shape index (κ3) is 13.8. The Morgan fingerprint density at radius 1 is 1.75 bits per heavy atom. The fraction of sp³-hybridized carbons (Fsp3) is 1.00. The monoisotopic (exact) mass is 142 g/mol. The molecule has 0 amide bonds. The molecule has 0 rings (SSSR count). The Hall–Kier alpha value is 0.830. The molecule has 0 aliphatic rings. The summed E-state index contributed by atoms with van der Waals surface area (Å²) >= 11 is 3.15. The number of rotatable bonds is 0. The van der Waals surface area contributed by atoms with Crippen molar-refractivity contribution in [3.63, 3.8) is 0 Å². The minimum absolute atomic E-state index is 0. The Kier molecular flexibility index (Phi) is 20.3. The van der Waals surface area contributed by atoms with Crippen molar-refractivity contribution in [3.05, 3.63) is 0 Å². The zero-order valence-electron chi connectivity index (χ0n) is 2.59. The first-order valence-electron chi connectivity index (χ1n) is 0.974. The Balaban J connectivity index is 0. The van der Waals surface area contributed by atoms with E-state index >= 15 is 0 Å². The maximum atomic E-state index is 3.15. The van der Waals surface area contributed by atoms with E-state index in [9.17, 15) is 0 Å². The van der Waals surface area contributed by atoms with Gasteiger partial charge in [-0.05, 0) is 0 Å². The molecule has 0 saturated heterocycles. The smallest absolute Gasteiger partial charge is 0.000281 e. The Bertz CT molecular complexity index is 6.00. The molecule has 0 aromatic carbocycles. The lowest BCUT2D eigenvalue weighted by Gasteiger charge is -1.45. The molecule has 0 unspecified atom stereocenters. The van der Waals surface area contributed by atoms with Crippen LogP contribution >= 0.6 is 29.4 Å². The highest BCUT2D eigenvalue weighted by Crippen LogP contribution is 1.67. The van der Waals surface area contributed by atoms with Crippen molar-refractivity contribution in [2.45, 2.75) is 6.92 Å². The van der Waals surface area contributed by atoms with Gasteiger partial charge < -0.3 is 0 Å². The molecule has 4 heavy (non-hydrogen) atoms. The molecule has 0 aromatic rings. The molecule has 0 aliphatic carbocycles. The van der Waals surface area contributed by atoms with Gasteiger partial charge in [-0.3, -0.25) is 0 Å². The van der Waals surface area contributed by atoms with Crippen LogP contribution in [0.4, 0.5) is 0 Å². The van der Waals surface area contributed by atoms with Gasteiger partial charge in [0.25, 0.3) is 0 Å². The molecule has 0 heterocycles. The van der Waals surface area contributed by atoms with Crippen LogP contribution in [0.5, 0.6) is 0 Å². The van der Waals surface area contributed by atoms with E-state index in [4.69, 9.17) is 0 Å². The molecule has 0 aliphatic heterocycles. The van der Waals surface area contributed by atoms with Gasteiger partial charge in [0.1, 0.15) is 0 Å². The summed E-state index contributed by atoms with van der Waals surface area (Å²) in [5, 5.41) is 1.06. The molecule has 0 aromatic heterocycles. The Labute approximate surface area is 42.2 Å². The number of alkyl halides is 1. The number of halogens is 1. The van der Waals surface area contributed by atoms with Gasteiger partial charge >= 0.3 is 0 Å². The van der Waals surface area contributed by atoms with Gasteiger partial charge in [-0.25, -0.2) is 0 Å². The van der Waals surface area contributed by atoms with E-state index in [-0.39, 0.29) is 13.5 Å². The first kappa shape index (κ1) is 8.85. The lowest BCUT2D eigenvalue weighted by atomic mass is 11.0. The number of hydrogen-bond acceptors (Lipinski definition) is 0. The van der Waals surface area contributed by atoms with Crippen LogP contribution in [0.1, 0.15) is 6.92 Å². The van der Waals surface area contributed by atoms with Gasteiger partial charge in [-0.15, -0.1) is 0 Å². The van der Waals surface area contributed by atoms with Crippen molar-refractivity contribution in [2.75, 3.05) is 5.33 Å². The molecule has 2 heteroatoms. The fourth-order valence-electron chi connectivity index (χ4n) is 0. The average molecular weight is 143 g/mol. The van der Waals surface area contributed by atoms with Crippen molar-refractivity contribution < 1.29 is 0 Å². The topological polar surface area (TPSA) is 0 Å². The fourth-order valence-corrected chi connectivity index (χ4v) is 0. The molecule has 0 spiro atoms. The number of hydrogen-bond donors (Lipinski definition) is 0. The summed E-state index contributed by atoms with van der Waals surface area (Å²) in [6, 6.07) is 0. The van der Waals surface area contributed by atoms with Crippen LogP contribution < -0.4 is 0 Å². The minimum atomic E-state index is 0. The van der Waals surface area contributed by atoms with Crippen molar-refractivity contribution in [1.82, 2.24) is 0 Å². The van der Waals surface area contributed by atoms with Gasteiger partial charge in [0.15, 0.2) is 0 Å². The van der Waals surface area contributed by atoms with E-state index < -0.39 is 0 Å². The zero-order chi connectivity index (χ0) is 2.71. The van der Waals surface area contributed by atoms with Crippen LogP contribution in [0, 0.1) is 0 Å². The molecular weight excluding hydrogens is 136 g/mol. The third-order valence-corrected chi connectivity index (χ3v) is 0. The lowest BCUT2D eigenvalue weighted by Crippen LogP contribution is -1.34. The lowest BCUT2D eigenvalue weighted by molar-refractivity contribution is 1.56. The van der Waals surface area contributed by atoms with Gasteiger partial charge in [-0.2, -0.15) is 13.5 Å². The van der Waals surface area contributed by atoms with Crippen LogP contribution in [0.25, 0.3) is 0 Å². The zero-order valence-corrected chi connectivity index (χ0v) is 5.17.